The maximum Gasteiger partial charge on any atom is 0.271 e. The third-order valence-electron chi connectivity index (χ3n) is 4.33. The maximum atomic E-state index is 12.3. The van der Waals surface area contributed by atoms with E-state index in [-0.39, 0.29) is 5.91 Å². The molecule has 0 bridgehead atoms. The fourth-order valence-corrected chi connectivity index (χ4v) is 2.93. The first kappa shape index (κ1) is 19.2. The molecule has 0 atom stereocenters. The summed E-state index contributed by atoms with van der Waals surface area (Å²) in [6.07, 6.45) is 1.60. The Balaban J connectivity index is 1.75. The average Bonchev–Trinajstić information content (AvgIpc) is 3.23. The highest BCUT2D eigenvalue weighted by Gasteiger charge is 2.13. The molecular formula is C20H22N4O4. The summed E-state index contributed by atoms with van der Waals surface area (Å²) >= 11 is 0. The van der Waals surface area contributed by atoms with Gasteiger partial charge in [-0.25, -0.2) is 5.43 Å². The van der Waals surface area contributed by atoms with Crippen molar-refractivity contribution in [2.24, 2.45) is 5.10 Å². The third-order valence-corrected chi connectivity index (χ3v) is 4.33. The number of amides is 1. The van der Waals surface area contributed by atoms with Gasteiger partial charge in [0.25, 0.3) is 5.91 Å². The number of nitrogens with one attached hydrogen (secondary N) is 1. The quantitative estimate of drug-likeness (QED) is 0.522. The molecule has 1 aromatic carbocycles. The van der Waals surface area contributed by atoms with Crippen LogP contribution in [0, 0.1) is 20.8 Å². The van der Waals surface area contributed by atoms with Crippen LogP contribution in [0.5, 0.6) is 11.5 Å². The number of aryl methyl sites for hydroxylation is 2. The lowest BCUT2D eigenvalue weighted by molar-refractivity contribution is 0.0954. The van der Waals surface area contributed by atoms with E-state index in [9.17, 15) is 4.79 Å². The Kier molecular flexibility index (Phi) is 5.49. The average molecular weight is 382 g/mol. The predicted molar refractivity (Wildman–Crippen MR) is 105 cm³/mol. The third kappa shape index (κ3) is 3.75. The van der Waals surface area contributed by atoms with Crippen molar-refractivity contribution in [3.63, 3.8) is 0 Å². The van der Waals surface area contributed by atoms with Gasteiger partial charge in [0.05, 0.1) is 20.4 Å². The van der Waals surface area contributed by atoms with Gasteiger partial charge in [-0.05, 0) is 45.0 Å². The van der Waals surface area contributed by atoms with E-state index in [2.05, 4.69) is 15.7 Å². The molecule has 3 aromatic rings. The molecule has 2 aromatic heterocycles. The summed E-state index contributed by atoms with van der Waals surface area (Å²) in [6, 6.07) is 8.74. The summed E-state index contributed by atoms with van der Waals surface area (Å²) in [5.41, 5.74) is 5.73. The number of carbonyl (C=O) groups is 1. The summed E-state index contributed by atoms with van der Waals surface area (Å²) in [4.78, 5) is 12.3. The Bertz CT molecular complexity index is 1030. The molecular weight excluding hydrogens is 360 g/mol. The van der Waals surface area contributed by atoms with E-state index in [4.69, 9.17) is 14.0 Å². The van der Waals surface area contributed by atoms with Crippen LogP contribution in [0.1, 0.15) is 33.1 Å². The van der Waals surface area contributed by atoms with Gasteiger partial charge in [0.2, 0.25) is 0 Å². The molecule has 146 valence electrons. The van der Waals surface area contributed by atoms with Gasteiger partial charge in [0, 0.05) is 28.6 Å². The van der Waals surface area contributed by atoms with Gasteiger partial charge in [-0.15, -0.1) is 0 Å². The van der Waals surface area contributed by atoms with Crippen molar-refractivity contribution in [2.75, 3.05) is 14.2 Å². The van der Waals surface area contributed by atoms with E-state index in [1.54, 1.807) is 31.5 Å². The minimum Gasteiger partial charge on any atom is -0.493 e. The molecule has 0 unspecified atom stereocenters. The van der Waals surface area contributed by atoms with Gasteiger partial charge in [-0.3, -0.25) is 9.36 Å². The first-order chi connectivity index (χ1) is 13.4. The minimum atomic E-state index is -0.349. The molecule has 2 heterocycles. The minimum absolute atomic E-state index is 0.349. The zero-order chi connectivity index (χ0) is 20.3. The lowest BCUT2D eigenvalue weighted by Crippen LogP contribution is -2.17. The number of ether oxygens (including phenoxy) is 2. The van der Waals surface area contributed by atoms with Crippen LogP contribution in [0.15, 0.2) is 40.0 Å². The molecule has 8 heteroatoms. The first-order valence-electron chi connectivity index (χ1n) is 8.62. The summed E-state index contributed by atoms with van der Waals surface area (Å²) in [7, 11) is 3.06. The normalized spacial score (nSPS) is 11.0. The maximum absolute atomic E-state index is 12.3. The fourth-order valence-electron chi connectivity index (χ4n) is 2.93. The van der Waals surface area contributed by atoms with Crippen LogP contribution >= 0.6 is 0 Å². The van der Waals surface area contributed by atoms with Crippen molar-refractivity contribution in [2.45, 2.75) is 20.8 Å². The molecule has 0 saturated heterocycles. The number of hydrazone groups is 1. The van der Waals surface area contributed by atoms with Crippen LogP contribution in [0.2, 0.25) is 0 Å². The van der Waals surface area contributed by atoms with Crippen LogP contribution in [-0.2, 0) is 0 Å². The SMILES string of the molecule is COc1ccc(C(=O)N/N=C/c2cc(C)n(-c3cc(C)on3)c2C)cc1OC. The smallest absolute Gasteiger partial charge is 0.271 e. The fraction of sp³-hybridized carbons (Fsp3) is 0.250. The highest BCUT2D eigenvalue weighted by Crippen LogP contribution is 2.27. The Morgan fingerprint density at radius 2 is 1.89 bits per heavy atom. The van der Waals surface area contributed by atoms with Gasteiger partial charge in [-0.1, -0.05) is 5.16 Å². The lowest BCUT2D eigenvalue weighted by atomic mass is 10.2. The molecule has 0 spiro atoms. The molecule has 3 rings (SSSR count). The Hall–Kier alpha value is -3.55. The number of hydrogen-bond acceptors (Lipinski definition) is 6. The van der Waals surface area contributed by atoms with Crippen molar-refractivity contribution in [1.29, 1.82) is 0 Å². The summed E-state index contributed by atoms with van der Waals surface area (Å²) in [6.45, 7) is 5.77. The molecule has 0 saturated carbocycles. The van der Waals surface area contributed by atoms with Crippen molar-refractivity contribution in [1.82, 2.24) is 15.1 Å². The molecule has 0 fully saturated rings. The largest absolute Gasteiger partial charge is 0.493 e. The summed E-state index contributed by atoms with van der Waals surface area (Å²) in [5.74, 6) is 2.13. The van der Waals surface area contributed by atoms with E-state index >= 15 is 0 Å². The number of methoxy groups -OCH3 is 2. The van der Waals surface area contributed by atoms with E-state index in [0.717, 1.165) is 22.7 Å². The second kappa shape index (κ2) is 7.99. The number of aromatic nitrogens is 2. The topological polar surface area (TPSA) is 90.9 Å². The summed E-state index contributed by atoms with van der Waals surface area (Å²) in [5, 5.41) is 8.13. The number of nitrogens with zero attached hydrogens (tertiary/aromatic N) is 3. The number of rotatable bonds is 6. The lowest BCUT2D eigenvalue weighted by Gasteiger charge is -2.08. The monoisotopic (exact) mass is 382 g/mol. The first-order valence-corrected chi connectivity index (χ1v) is 8.62. The molecule has 0 aliphatic carbocycles. The highest BCUT2D eigenvalue weighted by atomic mass is 16.5. The van der Waals surface area contributed by atoms with Crippen LogP contribution in [0.25, 0.3) is 5.82 Å². The van der Waals surface area contributed by atoms with Crippen LogP contribution in [-0.4, -0.2) is 36.1 Å². The van der Waals surface area contributed by atoms with Crippen molar-refractivity contribution >= 4 is 12.1 Å². The van der Waals surface area contributed by atoms with Gasteiger partial charge >= 0.3 is 0 Å². The second-order valence-electron chi connectivity index (χ2n) is 6.23. The van der Waals surface area contributed by atoms with Gasteiger partial charge in [-0.2, -0.15) is 5.10 Å². The Labute approximate surface area is 162 Å². The van der Waals surface area contributed by atoms with E-state index in [0.29, 0.717) is 22.9 Å². The standard InChI is InChI=1S/C20H22N4O4/c1-12-8-16(14(3)24(12)19-9-13(2)28-23-19)11-21-22-20(25)15-6-7-17(26-4)18(10-15)27-5/h6-11H,1-5H3,(H,22,25)/b21-11+. The summed E-state index contributed by atoms with van der Waals surface area (Å²) < 4.78 is 17.5. The number of carbonyl (C=O) groups excluding carboxylic acids is 1. The molecule has 0 radical (unpaired) electrons. The number of benzene rings is 1. The Morgan fingerprint density at radius 1 is 1.14 bits per heavy atom. The highest BCUT2D eigenvalue weighted by molar-refractivity contribution is 5.95. The number of hydrogen-bond donors (Lipinski definition) is 1. The van der Waals surface area contributed by atoms with Gasteiger partial charge in [0.15, 0.2) is 17.3 Å². The van der Waals surface area contributed by atoms with Gasteiger partial charge in [0.1, 0.15) is 5.76 Å². The van der Waals surface area contributed by atoms with Crippen molar-refractivity contribution in [3.8, 4) is 17.3 Å². The molecule has 0 aliphatic heterocycles. The van der Waals surface area contributed by atoms with E-state index < -0.39 is 0 Å². The van der Waals surface area contributed by atoms with Crippen LogP contribution in [0.3, 0.4) is 0 Å². The zero-order valence-corrected chi connectivity index (χ0v) is 16.4. The van der Waals surface area contributed by atoms with Crippen molar-refractivity contribution < 1.29 is 18.8 Å². The van der Waals surface area contributed by atoms with E-state index in [1.807, 2.05) is 37.5 Å². The van der Waals surface area contributed by atoms with Crippen molar-refractivity contribution in [3.05, 3.63) is 58.6 Å². The molecule has 1 N–H and O–H groups in total. The van der Waals surface area contributed by atoms with Gasteiger partial charge < -0.3 is 14.0 Å². The zero-order valence-electron chi connectivity index (χ0n) is 16.4. The van der Waals surface area contributed by atoms with E-state index in [1.165, 1.54) is 7.11 Å². The molecule has 1 amide bonds. The molecule has 8 nitrogen and oxygen atoms in total. The predicted octanol–water partition coefficient (Wildman–Crippen LogP) is 3.17. The van der Waals surface area contributed by atoms with Crippen LogP contribution in [0.4, 0.5) is 0 Å². The molecule has 0 aliphatic rings. The van der Waals surface area contributed by atoms with Crippen LogP contribution < -0.4 is 14.9 Å². The molecule has 28 heavy (non-hydrogen) atoms. The second-order valence-corrected chi connectivity index (χ2v) is 6.23. The Morgan fingerprint density at radius 3 is 2.54 bits per heavy atom.